The van der Waals surface area contributed by atoms with Crippen LogP contribution in [0.5, 0.6) is 5.88 Å². The molecule has 1 aliphatic heterocycles. The van der Waals surface area contributed by atoms with E-state index < -0.39 is 30.3 Å². The van der Waals surface area contributed by atoms with Crippen LogP contribution in [0.25, 0.3) is 5.65 Å². The number of rotatable bonds is 6. The lowest BCUT2D eigenvalue weighted by Crippen LogP contribution is -2.48. The van der Waals surface area contributed by atoms with Crippen molar-refractivity contribution in [1.29, 1.82) is 0 Å². The summed E-state index contributed by atoms with van der Waals surface area (Å²) in [6.45, 7) is 2.56. The van der Waals surface area contributed by atoms with Crippen molar-refractivity contribution in [2.45, 2.75) is 50.7 Å². The van der Waals surface area contributed by atoms with Crippen molar-refractivity contribution >= 4 is 17.3 Å². The van der Waals surface area contributed by atoms with Gasteiger partial charge in [0.1, 0.15) is 5.69 Å². The molecule has 38 heavy (non-hydrogen) atoms. The van der Waals surface area contributed by atoms with Gasteiger partial charge in [0.25, 0.3) is 0 Å². The average Bonchev–Trinajstić information content (AvgIpc) is 3.32. The maximum Gasteiger partial charge on any atom is 0.433 e. The Hall–Kier alpha value is -3.29. The molecule has 2 N–H and O–H groups in total. The zero-order valence-electron chi connectivity index (χ0n) is 20.5. The van der Waals surface area contributed by atoms with E-state index in [4.69, 9.17) is 4.74 Å². The molecule has 0 spiro atoms. The second-order valence-corrected chi connectivity index (χ2v) is 10.3. The minimum atomic E-state index is -4.55. The summed E-state index contributed by atoms with van der Waals surface area (Å²) < 4.78 is 83.8. The van der Waals surface area contributed by atoms with E-state index in [2.05, 4.69) is 20.4 Å². The van der Waals surface area contributed by atoms with E-state index in [1.165, 1.54) is 26.0 Å². The Morgan fingerprint density at radius 1 is 1.05 bits per heavy atom. The van der Waals surface area contributed by atoms with Crippen LogP contribution < -0.4 is 15.0 Å². The van der Waals surface area contributed by atoms with Gasteiger partial charge in [0.05, 0.1) is 5.60 Å². The molecule has 3 atom stereocenters. The summed E-state index contributed by atoms with van der Waals surface area (Å²) in [5.74, 6) is 0.147. The number of pyridine rings is 2. The molecule has 1 saturated heterocycles. The van der Waals surface area contributed by atoms with Gasteiger partial charge in [-0.05, 0) is 56.7 Å². The number of ether oxygens (including phenoxy) is 1. The lowest BCUT2D eigenvalue weighted by molar-refractivity contribution is -0.154. The number of hydrogen-bond acceptors (Lipinski definition) is 7. The number of aromatic nitrogens is 4. The topological polar surface area (TPSA) is 87.8 Å². The number of halogens is 6. The maximum absolute atomic E-state index is 13.1. The van der Waals surface area contributed by atoms with Gasteiger partial charge in [-0.25, -0.2) is 0 Å². The first-order chi connectivity index (χ1) is 17.7. The van der Waals surface area contributed by atoms with Crippen LogP contribution >= 0.6 is 0 Å². The third-order valence-corrected chi connectivity index (χ3v) is 7.02. The molecule has 4 heterocycles. The lowest BCUT2D eigenvalue weighted by Gasteiger charge is -2.39. The zero-order valence-corrected chi connectivity index (χ0v) is 20.5. The summed E-state index contributed by atoms with van der Waals surface area (Å²) in [5.41, 5.74) is -1.33. The van der Waals surface area contributed by atoms with Crippen molar-refractivity contribution in [2.75, 3.05) is 29.9 Å². The molecule has 1 saturated carbocycles. The first kappa shape index (κ1) is 26.3. The molecule has 1 aliphatic carbocycles. The van der Waals surface area contributed by atoms with Crippen molar-refractivity contribution in [3.05, 3.63) is 41.7 Å². The molecule has 2 aliphatic rings. The number of alkyl halides is 6. The molecule has 3 aromatic rings. The molecule has 5 rings (SSSR count). The van der Waals surface area contributed by atoms with Crippen LogP contribution in [0.2, 0.25) is 0 Å². The number of nitrogens with one attached hydrogen (secondary N) is 1. The predicted molar refractivity (Wildman–Crippen MR) is 125 cm³/mol. The number of piperidine rings is 1. The molecule has 2 fully saturated rings. The van der Waals surface area contributed by atoms with E-state index >= 15 is 0 Å². The molecule has 0 aromatic carbocycles. The van der Waals surface area contributed by atoms with Gasteiger partial charge in [-0.1, -0.05) is 0 Å². The van der Waals surface area contributed by atoms with Crippen molar-refractivity contribution < 1.29 is 36.2 Å². The van der Waals surface area contributed by atoms with Gasteiger partial charge in [0, 0.05) is 42.6 Å². The molecule has 1 unspecified atom stereocenters. The highest BCUT2D eigenvalue weighted by Crippen LogP contribution is 2.41. The van der Waals surface area contributed by atoms with Gasteiger partial charge in [0.2, 0.25) is 11.8 Å². The second kappa shape index (κ2) is 9.17. The van der Waals surface area contributed by atoms with Crippen LogP contribution in [0, 0.1) is 11.8 Å². The van der Waals surface area contributed by atoms with Gasteiger partial charge in [-0.2, -0.15) is 35.8 Å². The van der Waals surface area contributed by atoms with Crippen molar-refractivity contribution in [2.24, 2.45) is 11.8 Å². The van der Waals surface area contributed by atoms with Gasteiger partial charge in [-0.3, -0.25) is 4.98 Å². The molecule has 2 bridgehead atoms. The summed E-state index contributed by atoms with van der Waals surface area (Å²) >= 11 is 0. The monoisotopic (exact) mass is 544 g/mol. The first-order valence-electron chi connectivity index (χ1n) is 12.1. The summed E-state index contributed by atoms with van der Waals surface area (Å²) in [4.78, 5) is 9.82. The van der Waals surface area contributed by atoms with Crippen LogP contribution in [0.1, 0.15) is 37.9 Å². The van der Waals surface area contributed by atoms with Crippen molar-refractivity contribution in [3.63, 3.8) is 0 Å². The molecule has 0 radical (unpaired) electrons. The van der Waals surface area contributed by atoms with Crippen molar-refractivity contribution in [3.8, 4) is 5.88 Å². The van der Waals surface area contributed by atoms with Crippen molar-refractivity contribution in [1.82, 2.24) is 19.6 Å². The predicted octanol–water partition coefficient (Wildman–Crippen LogP) is 4.64. The summed E-state index contributed by atoms with van der Waals surface area (Å²) in [5, 5.41) is 18.2. The fraction of sp³-hybridized carbons (Fsp3) is 0.542. The van der Waals surface area contributed by atoms with E-state index in [0.717, 1.165) is 29.6 Å². The molecule has 14 heteroatoms. The second-order valence-electron chi connectivity index (χ2n) is 10.3. The molecular formula is C24H26F6N6O2. The Morgan fingerprint density at radius 3 is 2.34 bits per heavy atom. The highest BCUT2D eigenvalue weighted by Gasteiger charge is 2.43. The van der Waals surface area contributed by atoms with Crippen LogP contribution in [0.3, 0.4) is 0 Å². The van der Waals surface area contributed by atoms with Gasteiger partial charge >= 0.3 is 12.4 Å². The standard InChI is InChI=1S/C24H26F6N6O2/c1-22(2,37)16-5-6-18(38-12-23(25,26)27)36-20(16)33-21(34-36)32-19-13-3-4-14(19)11-35(10-13)15-7-8-31-17(9-15)24(28,29)30/h5-9,13-14,19,37H,3-4,10-12H2,1-2H3,(H,32,34)/t13-,14+,19?. The maximum atomic E-state index is 13.1. The highest BCUT2D eigenvalue weighted by molar-refractivity contribution is 5.56. The van der Waals surface area contributed by atoms with Gasteiger partial charge in [-0.15, -0.1) is 5.10 Å². The Morgan fingerprint density at radius 2 is 1.74 bits per heavy atom. The lowest BCUT2D eigenvalue weighted by atomic mass is 9.92. The van der Waals surface area contributed by atoms with E-state index in [1.807, 2.05) is 4.90 Å². The number of anilines is 2. The Labute approximate surface area is 213 Å². The Bertz CT molecular complexity index is 1300. The Kier molecular flexibility index (Phi) is 6.35. The molecule has 8 nitrogen and oxygen atoms in total. The normalized spacial score (nSPS) is 22.2. The van der Waals surface area contributed by atoms with E-state index in [0.29, 0.717) is 24.3 Å². The summed E-state index contributed by atoms with van der Waals surface area (Å²) in [7, 11) is 0. The fourth-order valence-corrected chi connectivity index (χ4v) is 5.33. The zero-order chi connectivity index (χ0) is 27.5. The van der Waals surface area contributed by atoms with Gasteiger partial charge < -0.3 is 20.1 Å². The van der Waals surface area contributed by atoms with Crippen LogP contribution in [-0.2, 0) is 11.8 Å². The quantitative estimate of drug-likeness (QED) is 0.438. The van der Waals surface area contributed by atoms with E-state index in [9.17, 15) is 31.4 Å². The summed E-state index contributed by atoms with van der Waals surface area (Å²) in [6.07, 6.45) is -6.24. The number of aliphatic hydroxyl groups is 1. The largest absolute Gasteiger partial charge is 0.468 e. The third-order valence-electron chi connectivity index (χ3n) is 7.02. The molecule has 0 amide bonds. The van der Waals surface area contributed by atoms with Crippen LogP contribution in [0.15, 0.2) is 30.5 Å². The molecule has 3 aromatic heterocycles. The first-order valence-corrected chi connectivity index (χ1v) is 12.1. The molecule has 206 valence electrons. The highest BCUT2D eigenvalue weighted by atomic mass is 19.4. The van der Waals surface area contributed by atoms with Crippen LogP contribution in [0.4, 0.5) is 38.0 Å². The smallest absolute Gasteiger partial charge is 0.433 e. The summed E-state index contributed by atoms with van der Waals surface area (Å²) in [6, 6.07) is 5.28. The van der Waals surface area contributed by atoms with Gasteiger partial charge in [0.15, 0.2) is 12.3 Å². The minimum Gasteiger partial charge on any atom is -0.468 e. The number of hydrogen-bond donors (Lipinski definition) is 2. The van der Waals surface area contributed by atoms with E-state index in [-0.39, 0.29) is 35.4 Å². The Balaban J connectivity index is 1.38. The SMILES string of the molecule is CC(C)(O)c1ccc(OCC(F)(F)F)n2nc(NC3[C@@H]4CC[C@H]3CN(c3ccnc(C(F)(F)F)c3)C4)nc12. The number of fused-ring (bicyclic) bond motifs is 3. The minimum absolute atomic E-state index is 0.0811. The fourth-order valence-electron chi connectivity index (χ4n) is 5.33. The van der Waals surface area contributed by atoms with E-state index in [1.54, 1.807) is 6.07 Å². The molecular weight excluding hydrogens is 518 g/mol. The average molecular weight is 544 g/mol. The van der Waals surface area contributed by atoms with Crippen LogP contribution in [-0.4, -0.2) is 56.6 Å². The third kappa shape index (κ3) is 5.31. The number of nitrogens with zero attached hydrogens (tertiary/aromatic N) is 5.